The molecule has 0 aliphatic carbocycles. The van der Waals surface area contributed by atoms with Gasteiger partial charge < -0.3 is 11.1 Å². The number of nitrogen functional groups attached to an aromatic ring is 1. The third kappa shape index (κ3) is 2.45. The van der Waals surface area contributed by atoms with Crippen LogP contribution in [0.5, 0.6) is 0 Å². The van der Waals surface area contributed by atoms with E-state index in [2.05, 4.69) is 27.8 Å². The van der Waals surface area contributed by atoms with Crippen LogP contribution >= 0.6 is 15.9 Å². The number of hydrogen-bond acceptors (Lipinski definition) is 2. The van der Waals surface area contributed by atoms with Crippen LogP contribution in [0.1, 0.15) is 0 Å². The number of rotatable bonds is 3. The largest absolute Gasteiger partial charge is 0.397 e. The molecular weight excluding hydrogens is 235 g/mol. The predicted molar refractivity (Wildman–Crippen MR) is 57.2 cm³/mol. The molecule has 70 valence electrons. The van der Waals surface area contributed by atoms with Gasteiger partial charge in [-0.15, -0.1) is 6.58 Å². The number of benzene rings is 1. The zero-order chi connectivity index (χ0) is 9.84. The highest BCUT2D eigenvalue weighted by Gasteiger charge is 2.04. The lowest BCUT2D eigenvalue weighted by Crippen LogP contribution is -2.02. The van der Waals surface area contributed by atoms with Crippen LogP contribution in [0.25, 0.3) is 0 Å². The van der Waals surface area contributed by atoms with Crippen LogP contribution in [0.15, 0.2) is 29.3 Å². The van der Waals surface area contributed by atoms with Crippen molar-refractivity contribution in [3.8, 4) is 0 Å². The van der Waals surface area contributed by atoms with Crippen LogP contribution < -0.4 is 11.1 Å². The van der Waals surface area contributed by atoms with Gasteiger partial charge >= 0.3 is 0 Å². The molecule has 0 saturated carbocycles. The molecule has 0 atom stereocenters. The molecule has 0 saturated heterocycles. The molecule has 0 spiro atoms. The molecule has 0 bridgehead atoms. The summed E-state index contributed by atoms with van der Waals surface area (Å²) < 4.78 is 13.3. The van der Waals surface area contributed by atoms with E-state index < -0.39 is 0 Å². The van der Waals surface area contributed by atoms with Gasteiger partial charge in [0.15, 0.2) is 0 Å². The van der Waals surface area contributed by atoms with Crippen LogP contribution in [0.3, 0.4) is 0 Å². The first-order valence-electron chi connectivity index (χ1n) is 3.74. The predicted octanol–water partition coefficient (Wildman–Crippen LogP) is 2.77. The summed E-state index contributed by atoms with van der Waals surface area (Å²) >= 11 is 3.08. The second-order valence-electron chi connectivity index (χ2n) is 2.52. The molecule has 3 N–H and O–H groups in total. The van der Waals surface area contributed by atoms with Crippen molar-refractivity contribution in [3.05, 3.63) is 35.1 Å². The maximum atomic E-state index is 12.9. The molecule has 0 heterocycles. The maximum Gasteiger partial charge on any atom is 0.139 e. The molecular formula is C9H10BrFN2. The summed E-state index contributed by atoms with van der Waals surface area (Å²) in [4.78, 5) is 0. The Balaban J connectivity index is 2.94. The molecule has 1 aromatic rings. The van der Waals surface area contributed by atoms with E-state index in [4.69, 9.17) is 5.73 Å². The van der Waals surface area contributed by atoms with Gasteiger partial charge in [-0.25, -0.2) is 4.39 Å². The normalized spacial score (nSPS) is 9.69. The molecule has 0 aliphatic rings. The summed E-state index contributed by atoms with van der Waals surface area (Å²) in [6, 6.07) is 2.88. The fourth-order valence-electron chi connectivity index (χ4n) is 0.897. The zero-order valence-electron chi connectivity index (χ0n) is 6.98. The first kappa shape index (κ1) is 10.1. The van der Waals surface area contributed by atoms with Crippen molar-refractivity contribution in [2.45, 2.75) is 0 Å². The maximum absolute atomic E-state index is 12.9. The molecule has 0 aliphatic heterocycles. The lowest BCUT2D eigenvalue weighted by atomic mass is 10.2. The van der Waals surface area contributed by atoms with Gasteiger partial charge in [-0.1, -0.05) is 6.08 Å². The fourth-order valence-corrected chi connectivity index (χ4v) is 1.24. The molecule has 0 unspecified atom stereocenters. The number of nitrogens with two attached hydrogens (primary N) is 1. The van der Waals surface area contributed by atoms with E-state index in [0.717, 1.165) is 0 Å². The van der Waals surface area contributed by atoms with Gasteiger partial charge in [0, 0.05) is 12.6 Å². The van der Waals surface area contributed by atoms with Crippen molar-refractivity contribution in [1.29, 1.82) is 0 Å². The Hall–Kier alpha value is -1.03. The average molecular weight is 245 g/mol. The van der Waals surface area contributed by atoms with Gasteiger partial charge in [0.05, 0.1) is 15.8 Å². The van der Waals surface area contributed by atoms with E-state index in [1.54, 1.807) is 12.1 Å². The summed E-state index contributed by atoms with van der Waals surface area (Å²) in [5, 5.41) is 2.99. The highest BCUT2D eigenvalue weighted by Crippen LogP contribution is 2.26. The summed E-state index contributed by atoms with van der Waals surface area (Å²) in [5.74, 6) is -0.360. The summed E-state index contributed by atoms with van der Waals surface area (Å²) in [7, 11) is 0. The zero-order valence-corrected chi connectivity index (χ0v) is 8.57. The van der Waals surface area contributed by atoms with E-state index >= 15 is 0 Å². The smallest absolute Gasteiger partial charge is 0.139 e. The molecule has 1 rings (SSSR count). The standard InChI is InChI=1S/C9H10BrFN2/c1-2-3-13-9-4-6(10)7(11)5-8(9)12/h2,4-5,13H,1,3,12H2. The van der Waals surface area contributed by atoms with Crippen molar-refractivity contribution in [2.24, 2.45) is 0 Å². The van der Waals surface area contributed by atoms with Crippen molar-refractivity contribution in [1.82, 2.24) is 0 Å². The van der Waals surface area contributed by atoms with E-state index in [1.165, 1.54) is 6.07 Å². The average Bonchev–Trinajstić information content (AvgIpc) is 2.09. The molecule has 2 nitrogen and oxygen atoms in total. The quantitative estimate of drug-likeness (QED) is 0.634. The first-order chi connectivity index (χ1) is 6.15. The van der Waals surface area contributed by atoms with Gasteiger partial charge in [0.1, 0.15) is 5.82 Å². The van der Waals surface area contributed by atoms with Crippen LogP contribution in [0.4, 0.5) is 15.8 Å². The van der Waals surface area contributed by atoms with Gasteiger partial charge in [-0.2, -0.15) is 0 Å². The highest BCUT2D eigenvalue weighted by atomic mass is 79.9. The highest BCUT2D eigenvalue weighted by molar-refractivity contribution is 9.10. The van der Waals surface area contributed by atoms with Crippen LogP contribution in [-0.4, -0.2) is 6.54 Å². The molecule has 0 radical (unpaired) electrons. The minimum Gasteiger partial charge on any atom is -0.397 e. The van der Waals surface area contributed by atoms with Crippen LogP contribution in [0.2, 0.25) is 0 Å². The third-order valence-corrected chi connectivity index (χ3v) is 2.14. The third-order valence-electron chi connectivity index (χ3n) is 1.53. The van der Waals surface area contributed by atoms with Crippen molar-refractivity contribution >= 4 is 27.3 Å². The second kappa shape index (κ2) is 4.28. The summed E-state index contributed by atoms with van der Waals surface area (Å²) in [6.07, 6.45) is 1.71. The number of hydrogen-bond donors (Lipinski definition) is 2. The molecule has 4 heteroatoms. The van der Waals surface area contributed by atoms with Gasteiger partial charge in [-0.05, 0) is 22.0 Å². The molecule has 13 heavy (non-hydrogen) atoms. The fraction of sp³-hybridized carbons (Fsp3) is 0.111. The second-order valence-corrected chi connectivity index (χ2v) is 3.38. The van der Waals surface area contributed by atoms with E-state index in [9.17, 15) is 4.39 Å². The SMILES string of the molecule is C=CCNc1cc(Br)c(F)cc1N. The van der Waals surface area contributed by atoms with E-state index in [0.29, 0.717) is 22.4 Å². The number of halogens is 2. The van der Waals surface area contributed by atoms with E-state index in [-0.39, 0.29) is 5.82 Å². The Morgan fingerprint density at radius 1 is 1.62 bits per heavy atom. The number of anilines is 2. The van der Waals surface area contributed by atoms with Crippen LogP contribution in [0, 0.1) is 5.82 Å². The Morgan fingerprint density at radius 2 is 2.31 bits per heavy atom. The van der Waals surface area contributed by atoms with Crippen molar-refractivity contribution in [2.75, 3.05) is 17.6 Å². The molecule has 0 aromatic heterocycles. The molecule has 0 amide bonds. The Kier molecular flexibility index (Phi) is 3.31. The summed E-state index contributed by atoms with van der Waals surface area (Å²) in [5.41, 5.74) is 6.67. The van der Waals surface area contributed by atoms with Gasteiger partial charge in [-0.3, -0.25) is 0 Å². The Bertz CT molecular complexity index is 326. The van der Waals surface area contributed by atoms with Gasteiger partial charge in [0.25, 0.3) is 0 Å². The molecule has 1 aromatic carbocycles. The minimum absolute atomic E-state index is 0.360. The lowest BCUT2D eigenvalue weighted by Gasteiger charge is -2.07. The Labute approximate surface area is 84.8 Å². The summed E-state index contributed by atoms with van der Waals surface area (Å²) in [6.45, 7) is 4.16. The lowest BCUT2D eigenvalue weighted by molar-refractivity contribution is 0.622. The number of nitrogens with one attached hydrogen (secondary N) is 1. The van der Waals surface area contributed by atoms with E-state index in [1.807, 2.05) is 0 Å². The monoisotopic (exact) mass is 244 g/mol. The van der Waals surface area contributed by atoms with Crippen molar-refractivity contribution in [3.63, 3.8) is 0 Å². The van der Waals surface area contributed by atoms with Crippen LogP contribution in [-0.2, 0) is 0 Å². The molecule has 0 fully saturated rings. The van der Waals surface area contributed by atoms with Gasteiger partial charge in [0.2, 0.25) is 0 Å². The van der Waals surface area contributed by atoms with Crippen molar-refractivity contribution < 1.29 is 4.39 Å². The topological polar surface area (TPSA) is 38.0 Å². The minimum atomic E-state index is -0.360. The Morgan fingerprint density at radius 3 is 2.92 bits per heavy atom. The first-order valence-corrected chi connectivity index (χ1v) is 4.53.